The van der Waals surface area contributed by atoms with E-state index >= 15 is 0 Å². The van der Waals surface area contributed by atoms with E-state index in [4.69, 9.17) is 0 Å². The van der Waals surface area contributed by atoms with Gasteiger partial charge in [-0.25, -0.2) is 0 Å². The van der Waals surface area contributed by atoms with Crippen LogP contribution in [0.2, 0.25) is 0 Å². The van der Waals surface area contributed by atoms with Crippen molar-refractivity contribution in [3.8, 4) is 0 Å². The average molecular weight is 265 g/mol. The molecule has 0 aliphatic carbocycles. The van der Waals surface area contributed by atoms with E-state index in [9.17, 15) is 4.79 Å². The summed E-state index contributed by atoms with van der Waals surface area (Å²) < 4.78 is 0. The molecule has 0 saturated carbocycles. The Morgan fingerprint density at radius 1 is 1.16 bits per heavy atom. The first-order valence-electron chi connectivity index (χ1n) is 7.97. The van der Waals surface area contributed by atoms with Gasteiger partial charge in [-0.2, -0.15) is 0 Å². The molecule has 4 heteroatoms. The predicted octanol–water partition coefficient (Wildman–Crippen LogP) is 0.929. The lowest BCUT2D eigenvalue weighted by Crippen LogP contribution is -2.58. The Hall–Kier alpha value is -0.610. The smallest absolute Gasteiger partial charge is 0.227 e. The molecule has 0 spiro atoms. The Labute approximate surface area is 116 Å². The fourth-order valence-electron chi connectivity index (χ4n) is 3.96. The third-order valence-corrected chi connectivity index (χ3v) is 5.07. The fraction of sp³-hybridized carbons (Fsp3) is 0.933. The van der Waals surface area contributed by atoms with Crippen molar-refractivity contribution in [2.75, 3.05) is 39.3 Å². The van der Waals surface area contributed by atoms with E-state index in [1.807, 2.05) is 0 Å². The van der Waals surface area contributed by atoms with Crippen LogP contribution in [0.4, 0.5) is 0 Å². The van der Waals surface area contributed by atoms with Crippen molar-refractivity contribution in [1.29, 1.82) is 0 Å². The van der Waals surface area contributed by atoms with Crippen molar-refractivity contribution in [2.24, 2.45) is 11.8 Å². The maximum Gasteiger partial charge on any atom is 0.227 e. The average Bonchev–Trinajstić information content (AvgIpc) is 2.46. The Morgan fingerprint density at radius 2 is 2.05 bits per heavy atom. The van der Waals surface area contributed by atoms with Gasteiger partial charge in [0, 0.05) is 32.2 Å². The Morgan fingerprint density at radius 3 is 2.89 bits per heavy atom. The number of rotatable bonds is 1. The molecule has 3 rings (SSSR count). The molecule has 3 unspecified atom stereocenters. The van der Waals surface area contributed by atoms with Crippen molar-refractivity contribution >= 4 is 5.91 Å². The van der Waals surface area contributed by atoms with E-state index in [-0.39, 0.29) is 5.92 Å². The summed E-state index contributed by atoms with van der Waals surface area (Å²) in [5, 5.41) is 3.40. The second-order valence-corrected chi connectivity index (χ2v) is 6.67. The summed E-state index contributed by atoms with van der Waals surface area (Å²) in [7, 11) is 0. The van der Waals surface area contributed by atoms with Gasteiger partial charge in [0.1, 0.15) is 0 Å². The summed E-state index contributed by atoms with van der Waals surface area (Å²) in [4.78, 5) is 17.4. The molecule has 3 saturated heterocycles. The number of hydrogen-bond acceptors (Lipinski definition) is 3. The standard InChI is InChI=1S/C15H27N3O/c1-12-8-13(10-16-9-12)15(19)18-7-6-17-5-3-2-4-14(17)11-18/h12-14,16H,2-11H2,1H3. The van der Waals surface area contributed by atoms with E-state index in [2.05, 4.69) is 22.0 Å². The third kappa shape index (κ3) is 2.95. The van der Waals surface area contributed by atoms with Crippen LogP contribution in [0.5, 0.6) is 0 Å². The van der Waals surface area contributed by atoms with Crippen molar-refractivity contribution in [1.82, 2.24) is 15.1 Å². The number of amides is 1. The normalized spacial score (nSPS) is 36.9. The number of hydrogen-bond donors (Lipinski definition) is 1. The highest BCUT2D eigenvalue weighted by Crippen LogP contribution is 2.24. The molecule has 0 aromatic heterocycles. The van der Waals surface area contributed by atoms with Gasteiger partial charge in [-0.1, -0.05) is 13.3 Å². The zero-order chi connectivity index (χ0) is 13.2. The molecule has 3 fully saturated rings. The second kappa shape index (κ2) is 5.80. The number of carbonyl (C=O) groups excluding carboxylic acids is 1. The molecule has 0 radical (unpaired) electrons. The zero-order valence-corrected chi connectivity index (χ0v) is 12.1. The summed E-state index contributed by atoms with van der Waals surface area (Å²) in [6.45, 7) is 8.45. The molecule has 108 valence electrons. The Kier molecular flexibility index (Phi) is 4.08. The largest absolute Gasteiger partial charge is 0.340 e. The van der Waals surface area contributed by atoms with Crippen LogP contribution < -0.4 is 5.32 Å². The van der Waals surface area contributed by atoms with Crippen LogP contribution in [0.1, 0.15) is 32.6 Å². The second-order valence-electron chi connectivity index (χ2n) is 6.67. The van der Waals surface area contributed by atoms with Crippen LogP contribution >= 0.6 is 0 Å². The highest BCUT2D eigenvalue weighted by molar-refractivity contribution is 5.79. The van der Waals surface area contributed by atoms with Crippen LogP contribution in [0.15, 0.2) is 0 Å². The van der Waals surface area contributed by atoms with Gasteiger partial charge in [0.25, 0.3) is 0 Å². The lowest BCUT2D eigenvalue weighted by atomic mass is 9.90. The molecular formula is C15H27N3O. The van der Waals surface area contributed by atoms with Crippen molar-refractivity contribution in [3.63, 3.8) is 0 Å². The van der Waals surface area contributed by atoms with Crippen LogP contribution in [-0.4, -0.2) is 61.0 Å². The summed E-state index contributed by atoms with van der Waals surface area (Å²) >= 11 is 0. The minimum Gasteiger partial charge on any atom is -0.340 e. The van der Waals surface area contributed by atoms with Crippen molar-refractivity contribution in [2.45, 2.75) is 38.6 Å². The van der Waals surface area contributed by atoms with Crippen LogP contribution in [0.3, 0.4) is 0 Å². The van der Waals surface area contributed by atoms with E-state index in [1.165, 1.54) is 25.8 Å². The highest BCUT2D eigenvalue weighted by Gasteiger charge is 2.34. The lowest BCUT2D eigenvalue weighted by molar-refractivity contribution is -0.140. The van der Waals surface area contributed by atoms with Crippen LogP contribution in [-0.2, 0) is 4.79 Å². The molecule has 3 aliphatic rings. The topological polar surface area (TPSA) is 35.6 Å². The predicted molar refractivity (Wildman–Crippen MR) is 75.9 cm³/mol. The van der Waals surface area contributed by atoms with Gasteiger partial charge in [0.15, 0.2) is 0 Å². The first-order chi connectivity index (χ1) is 9.24. The molecule has 3 aliphatic heterocycles. The molecule has 19 heavy (non-hydrogen) atoms. The van der Waals surface area contributed by atoms with E-state index in [1.54, 1.807) is 0 Å². The van der Waals surface area contributed by atoms with Gasteiger partial charge in [0.2, 0.25) is 5.91 Å². The summed E-state index contributed by atoms with van der Waals surface area (Å²) in [6, 6.07) is 0.639. The minimum atomic E-state index is 0.221. The monoisotopic (exact) mass is 265 g/mol. The zero-order valence-electron chi connectivity index (χ0n) is 12.1. The van der Waals surface area contributed by atoms with Gasteiger partial charge < -0.3 is 10.2 Å². The first-order valence-corrected chi connectivity index (χ1v) is 7.97. The number of piperidine rings is 2. The highest BCUT2D eigenvalue weighted by atomic mass is 16.2. The quantitative estimate of drug-likeness (QED) is 0.766. The number of nitrogens with zero attached hydrogens (tertiary/aromatic N) is 2. The van der Waals surface area contributed by atoms with E-state index in [0.717, 1.165) is 39.1 Å². The number of piperazine rings is 1. The van der Waals surface area contributed by atoms with E-state index < -0.39 is 0 Å². The van der Waals surface area contributed by atoms with Gasteiger partial charge in [-0.15, -0.1) is 0 Å². The van der Waals surface area contributed by atoms with Gasteiger partial charge in [-0.3, -0.25) is 9.69 Å². The van der Waals surface area contributed by atoms with Crippen LogP contribution in [0.25, 0.3) is 0 Å². The fourth-order valence-corrected chi connectivity index (χ4v) is 3.96. The maximum atomic E-state index is 12.6. The lowest BCUT2D eigenvalue weighted by Gasteiger charge is -2.45. The Balaban J connectivity index is 1.58. The molecule has 3 atom stereocenters. The van der Waals surface area contributed by atoms with Gasteiger partial charge >= 0.3 is 0 Å². The van der Waals surface area contributed by atoms with Gasteiger partial charge in [-0.05, 0) is 38.3 Å². The third-order valence-electron chi connectivity index (χ3n) is 5.07. The molecule has 4 nitrogen and oxygen atoms in total. The molecule has 3 heterocycles. The van der Waals surface area contributed by atoms with Crippen molar-refractivity contribution in [3.05, 3.63) is 0 Å². The molecule has 0 aromatic carbocycles. The number of fused-ring (bicyclic) bond motifs is 1. The van der Waals surface area contributed by atoms with Crippen molar-refractivity contribution < 1.29 is 4.79 Å². The molecular weight excluding hydrogens is 238 g/mol. The first kappa shape index (κ1) is 13.4. The Bertz CT molecular complexity index is 333. The summed E-state index contributed by atoms with van der Waals surface area (Å²) in [5.41, 5.74) is 0. The summed E-state index contributed by atoms with van der Waals surface area (Å²) in [6.07, 6.45) is 5.03. The SMILES string of the molecule is CC1CNCC(C(=O)N2CCN3CCCCC3C2)C1. The molecule has 0 aromatic rings. The van der Waals surface area contributed by atoms with Crippen LogP contribution in [0, 0.1) is 11.8 Å². The summed E-state index contributed by atoms with van der Waals surface area (Å²) in [5.74, 6) is 1.27. The number of nitrogens with one attached hydrogen (secondary N) is 1. The molecule has 1 amide bonds. The maximum absolute atomic E-state index is 12.6. The molecule has 0 bridgehead atoms. The molecule has 1 N–H and O–H groups in total. The van der Waals surface area contributed by atoms with E-state index in [0.29, 0.717) is 17.9 Å². The van der Waals surface area contributed by atoms with Gasteiger partial charge in [0.05, 0.1) is 5.92 Å². The minimum absolute atomic E-state index is 0.221. The number of carbonyl (C=O) groups is 1.